The second kappa shape index (κ2) is 9.69. The van der Waals surface area contributed by atoms with Gasteiger partial charge in [0.25, 0.3) is 5.56 Å². The van der Waals surface area contributed by atoms with Crippen molar-refractivity contribution in [3.05, 3.63) is 110 Å². The van der Waals surface area contributed by atoms with Crippen molar-refractivity contribution in [1.82, 2.24) is 9.13 Å². The average molecular weight is 442 g/mol. The molecule has 6 nitrogen and oxygen atoms in total. The Kier molecular flexibility index (Phi) is 6.54. The lowest BCUT2D eigenvalue weighted by Gasteiger charge is -2.16. The summed E-state index contributed by atoms with van der Waals surface area (Å²) in [5, 5.41) is 3.40. The van der Waals surface area contributed by atoms with E-state index >= 15 is 0 Å². The number of hydrogen-bond donors (Lipinski definition) is 1. The van der Waals surface area contributed by atoms with Crippen LogP contribution >= 0.6 is 0 Å². The Morgan fingerprint density at radius 3 is 2.36 bits per heavy atom. The van der Waals surface area contributed by atoms with Crippen LogP contribution < -0.4 is 16.6 Å². The minimum atomic E-state index is -0.481. The fourth-order valence-corrected chi connectivity index (χ4v) is 4.13. The molecule has 4 aromatic rings. The standard InChI is InChI=1S/C27H27N3O3/c1-3-21-13-9-10-19(2)25(21)28-24(31)18-30-23-15-8-7-14-22(23)26(32)29(27(30)33)17-16-20-11-5-4-6-12-20/h4-15H,3,16-18H2,1-2H3,(H,28,31). The zero-order chi connectivity index (χ0) is 23.4. The van der Waals surface area contributed by atoms with Gasteiger partial charge in [-0.25, -0.2) is 4.79 Å². The van der Waals surface area contributed by atoms with Crippen LogP contribution in [0.15, 0.2) is 82.4 Å². The van der Waals surface area contributed by atoms with E-state index in [1.807, 2.05) is 62.4 Å². The first-order valence-corrected chi connectivity index (χ1v) is 11.1. The van der Waals surface area contributed by atoms with Crippen LogP contribution in [0.25, 0.3) is 10.9 Å². The number of hydrogen-bond acceptors (Lipinski definition) is 3. The number of fused-ring (bicyclic) bond motifs is 1. The predicted molar refractivity (Wildman–Crippen MR) is 132 cm³/mol. The summed E-state index contributed by atoms with van der Waals surface area (Å²) in [5.74, 6) is -0.306. The Hall–Kier alpha value is -3.93. The molecule has 33 heavy (non-hydrogen) atoms. The van der Waals surface area contributed by atoms with Crippen LogP contribution in [0.4, 0.5) is 5.69 Å². The van der Waals surface area contributed by atoms with Crippen molar-refractivity contribution >= 4 is 22.5 Å². The third-order valence-corrected chi connectivity index (χ3v) is 5.91. The summed E-state index contributed by atoms with van der Waals surface area (Å²) >= 11 is 0. The number of nitrogens with zero attached hydrogens (tertiary/aromatic N) is 2. The van der Waals surface area contributed by atoms with Gasteiger partial charge >= 0.3 is 5.69 Å². The van der Waals surface area contributed by atoms with E-state index in [9.17, 15) is 14.4 Å². The van der Waals surface area contributed by atoms with Crippen LogP contribution in [0.3, 0.4) is 0 Å². The maximum atomic E-state index is 13.3. The molecule has 1 heterocycles. The zero-order valence-corrected chi connectivity index (χ0v) is 18.9. The van der Waals surface area contributed by atoms with Gasteiger partial charge in [-0.3, -0.25) is 18.7 Å². The van der Waals surface area contributed by atoms with Crippen LogP contribution in [0.1, 0.15) is 23.6 Å². The molecular formula is C27H27N3O3. The molecule has 168 valence electrons. The molecule has 0 atom stereocenters. The molecule has 3 aromatic carbocycles. The SMILES string of the molecule is CCc1cccc(C)c1NC(=O)Cn1c(=O)n(CCc2ccccc2)c(=O)c2ccccc21. The summed E-state index contributed by atoms with van der Waals surface area (Å²) in [7, 11) is 0. The topological polar surface area (TPSA) is 73.1 Å². The Morgan fingerprint density at radius 2 is 1.61 bits per heavy atom. The van der Waals surface area contributed by atoms with Crippen molar-refractivity contribution in [2.45, 2.75) is 39.8 Å². The van der Waals surface area contributed by atoms with Gasteiger partial charge in [0, 0.05) is 12.2 Å². The summed E-state index contributed by atoms with van der Waals surface area (Å²) in [6.07, 6.45) is 1.33. The zero-order valence-electron chi connectivity index (χ0n) is 18.9. The number of nitrogens with one attached hydrogen (secondary N) is 1. The molecule has 0 unspecified atom stereocenters. The smallest absolute Gasteiger partial charge is 0.324 e. The van der Waals surface area contributed by atoms with E-state index in [0.717, 1.165) is 28.8 Å². The molecule has 0 fully saturated rings. The number of aromatic nitrogens is 2. The molecule has 0 bridgehead atoms. The van der Waals surface area contributed by atoms with E-state index in [0.29, 0.717) is 17.3 Å². The summed E-state index contributed by atoms with van der Waals surface area (Å²) in [4.78, 5) is 39.4. The highest BCUT2D eigenvalue weighted by Gasteiger charge is 2.16. The summed E-state index contributed by atoms with van der Waals surface area (Å²) < 4.78 is 2.62. The Labute approximate surface area is 192 Å². The molecule has 6 heteroatoms. The van der Waals surface area contributed by atoms with Gasteiger partial charge in [-0.2, -0.15) is 0 Å². The number of benzene rings is 3. The summed E-state index contributed by atoms with van der Waals surface area (Å²) in [6, 6.07) is 22.5. The van der Waals surface area contributed by atoms with E-state index in [2.05, 4.69) is 5.32 Å². The minimum Gasteiger partial charge on any atom is -0.324 e. The van der Waals surface area contributed by atoms with Crippen molar-refractivity contribution in [2.75, 3.05) is 5.32 Å². The number of carbonyl (C=O) groups is 1. The maximum absolute atomic E-state index is 13.3. The van der Waals surface area contributed by atoms with Crippen molar-refractivity contribution in [2.24, 2.45) is 0 Å². The number of para-hydroxylation sites is 2. The van der Waals surface area contributed by atoms with E-state index in [-0.39, 0.29) is 24.6 Å². The van der Waals surface area contributed by atoms with Gasteiger partial charge in [-0.1, -0.05) is 67.6 Å². The highest BCUT2D eigenvalue weighted by molar-refractivity contribution is 5.93. The molecule has 1 aromatic heterocycles. The maximum Gasteiger partial charge on any atom is 0.331 e. The third-order valence-electron chi connectivity index (χ3n) is 5.91. The molecule has 1 N–H and O–H groups in total. The number of aryl methyl sites for hydroxylation is 3. The molecule has 0 aliphatic rings. The van der Waals surface area contributed by atoms with Crippen molar-refractivity contribution in [3.8, 4) is 0 Å². The van der Waals surface area contributed by atoms with Crippen LogP contribution in [-0.2, 0) is 30.7 Å². The third kappa shape index (κ3) is 4.65. The van der Waals surface area contributed by atoms with Gasteiger partial charge in [0.1, 0.15) is 6.54 Å². The van der Waals surface area contributed by atoms with Gasteiger partial charge in [0.2, 0.25) is 5.91 Å². The number of carbonyl (C=O) groups excluding carboxylic acids is 1. The van der Waals surface area contributed by atoms with Crippen molar-refractivity contribution < 1.29 is 4.79 Å². The lowest BCUT2D eigenvalue weighted by atomic mass is 10.1. The largest absolute Gasteiger partial charge is 0.331 e. The molecule has 0 saturated carbocycles. The van der Waals surface area contributed by atoms with Crippen LogP contribution in [-0.4, -0.2) is 15.0 Å². The minimum absolute atomic E-state index is 0.178. The molecule has 0 saturated heterocycles. The van der Waals surface area contributed by atoms with Gasteiger partial charge in [0.05, 0.1) is 10.9 Å². The normalized spacial score (nSPS) is 11.0. The monoisotopic (exact) mass is 441 g/mol. The molecule has 1 amide bonds. The van der Waals surface area contributed by atoms with E-state index in [1.54, 1.807) is 24.3 Å². The quantitative estimate of drug-likeness (QED) is 0.473. The highest BCUT2D eigenvalue weighted by Crippen LogP contribution is 2.21. The number of amides is 1. The van der Waals surface area contributed by atoms with Gasteiger partial charge in [-0.15, -0.1) is 0 Å². The highest BCUT2D eigenvalue weighted by atomic mass is 16.2. The van der Waals surface area contributed by atoms with Crippen LogP contribution in [0, 0.1) is 6.92 Å². The van der Waals surface area contributed by atoms with E-state index < -0.39 is 5.69 Å². The Balaban J connectivity index is 1.70. The lowest BCUT2D eigenvalue weighted by Crippen LogP contribution is -2.42. The molecule has 0 spiro atoms. The molecule has 0 aliphatic heterocycles. The van der Waals surface area contributed by atoms with Crippen LogP contribution in [0.2, 0.25) is 0 Å². The molecular weight excluding hydrogens is 414 g/mol. The molecule has 0 aliphatic carbocycles. The number of rotatable bonds is 7. The Morgan fingerprint density at radius 1 is 0.879 bits per heavy atom. The van der Waals surface area contributed by atoms with E-state index in [1.165, 1.54) is 9.13 Å². The van der Waals surface area contributed by atoms with Gasteiger partial charge in [0.15, 0.2) is 0 Å². The van der Waals surface area contributed by atoms with E-state index in [4.69, 9.17) is 0 Å². The fraction of sp³-hybridized carbons (Fsp3) is 0.222. The molecule has 0 radical (unpaired) electrons. The average Bonchev–Trinajstić information content (AvgIpc) is 2.83. The van der Waals surface area contributed by atoms with Gasteiger partial charge < -0.3 is 5.32 Å². The Bertz CT molecular complexity index is 1420. The number of anilines is 1. The first kappa shape index (κ1) is 22.3. The van der Waals surface area contributed by atoms with Crippen LogP contribution in [0.5, 0.6) is 0 Å². The lowest BCUT2D eigenvalue weighted by molar-refractivity contribution is -0.116. The van der Waals surface area contributed by atoms with Crippen molar-refractivity contribution in [1.29, 1.82) is 0 Å². The first-order valence-electron chi connectivity index (χ1n) is 11.1. The van der Waals surface area contributed by atoms with Gasteiger partial charge in [-0.05, 0) is 48.6 Å². The predicted octanol–water partition coefficient (Wildman–Crippen LogP) is 3.92. The second-order valence-corrected chi connectivity index (χ2v) is 8.09. The first-order chi connectivity index (χ1) is 16.0. The second-order valence-electron chi connectivity index (χ2n) is 8.09. The van der Waals surface area contributed by atoms with Crippen molar-refractivity contribution in [3.63, 3.8) is 0 Å². The summed E-state index contributed by atoms with van der Waals surface area (Å²) in [5.41, 5.74) is 3.45. The fourth-order valence-electron chi connectivity index (χ4n) is 4.13. The summed E-state index contributed by atoms with van der Waals surface area (Å²) in [6.45, 7) is 4.04. The molecule has 4 rings (SSSR count).